The Balaban J connectivity index is 1.44. The third-order valence-electron chi connectivity index (χ3n) is 6.55. The number of alkyl halides is 1. The number of hydrogen-bond acceptors (Lipinski definition) is 17. The number of nitrogen functional groups attached to an aromatic ring is 1. The Hall–Kier alpha value is -0.740. The molecule has 8 unspecified atom stereocenters. The Kier molecular flexibility index (Phi) is 10.3. The number of nitrogens with two attached hydrogens (primary N) is 1. The highest BCUT2D eigenvalue weighted by Gasteiger charge is 2.57. The van der Waals surface area contributed by atoms with Gasteiger partial charge in [0.15, 0.2) is 18.1 Å². The van der Waals surface area contributed by atoms with E-state index >= 15 is 0 Å². The molecule has 17 nitrogen and oxygen atoms in total. The SMILES string of the molecule is CN[C@H]1[C@@H](O)C2(C=CSc3c(N)ncnc32)O[C@@H]1COP(O)(=S)OP(=O)(O)OC1OC([C@@H](F)CO)C(O)C(O)C1O. The van der Waals surface area contributed by atoms with Gasteiger partial charge in [-0.3, -0.25) is 4.52 Å². The number of fused-ring (bicyclic) bond motifs is 2. The van der Waals surface area contributed by atoms with E-state index in [1.54, 1.807) is 11.5 Å². The number of likely N-dealkylation sites (N-methyl/N-ethyl adjacent to an activating group) is 1. The molecule has 2 saturated heterocycles. The summed E-state index contributed by atoms with van der Waals surface area (Å²) in [6, 6.07) is -0.838. The number of aromatic nitrogens is 2. The van der Waals surface area contributed by atoms with Crippen LogP contribution >= 0.6 is 26.3 Å². The molecule has 4 heterocycles. The van der Waals surface area contributed by atoms with Crippen molar-refractivity contribution in [2.75, 3.05) is 26.0 Å². The van der Waals surface area contributed by atoms with Gasteiger partial charge in [0.05, 0.1) is 29.8 Å². The smallest absolute Gasteiger partial charge is 0.393 e. The molecule has 1 aromatic heterocycles. The zero-order valence-electron chi connectivity index (χ0n) is 21.0. The fraction of sp³-hybridized carbons (Fsp3) is 0.684. The van der Waals surface area contributed by atoms with Crippen LogP contribution in [-0.2, 0) is 44.8 Å². The summed E-state index contributed by atoms with van der Waals surface area (Å²) in [6.07, 6.45) is -12.3. The second kappa shape index (κ2) is 12.7. The van der Waals surface area contributed by atoms with Gasteiger partial charge in [0, 0.05) is 0 Å². The molecule has 12 atom stereocenters. The topological polar surface area (TPSA) is 269 Å². The number of phosphoric acid groups is 1. The van der Waals surface area contributed by atoms with E-state index < -0.39 is 88.5 Å². The average Bonchev–Trinajstić information content (AvgIpc) is 3.18. The van der Waals surface area contributed by atoms with E-state index in [9.17, 15) is 39.2 Å². The van der Waals surface area contributed by atoms with Crippen LogP contribution in [0.2, 0.25) is 0 Å². The number of hydrogen-bond donors (Lipinski definition) is 9. The molecule has 0 bridgehead atoms. The van der Waals surface area contributed by atoms with Gasteiger partial charge in [-0.15, -0.1) is 0 Å². The Morgan fingerprint density at radius 1 is 1.27 bits per heavy atom. The number of nitrogens with one attached hydrogen (secondary N) is 1. The fourth-order valence-electron chi connectivity index (χ4n) is 4.58. The van der Waals surface area contributed by atoms with Crippen molar-refractivity contribution in [3.8, 4) is 0 Å². The van der Waals surface area contributed by atoms with E-state index in [0.717, 1.165) is 0 Å². The van der Waals surface area contributed by atoms with E-state index in [2.05, 4.69) is 24.1 Å². The summed E-state index contributed by atoms with van der Waals surface area (Å²) in [5.74, 6) is 0.164. The maximum atomic E-state index is 13.9. The number of aliphatic hydroxyl groups is 5. The lowest BCUT2D eigenvalue weighted by Crippen LogP contribution is -2.60. The maximum Gasteiger partial charge on any atom is 0.481 e. The number of nitrogens with zero attached hydrogens (tertiary/aromatic N) is 2. The van der Waals surface area contributed by atoms with E-state index in [-0.39, 0.29) is 11.5 Å². The zero-order chi connectivity index (χ0) is 30.3. The number of anilines is 1. The zero-order valence-corrected chi connectivity index (χ0v) is 24.4. The normalized spacial score (nSPS) is 38.8. The van der Waals surface area contributed by atoms with Crippen LogP contribution in [0.3, 0.4) is 0 Å². The maximum absolute atomic E-state index is 13.9. The van der Waals surface area contributed by atoms with Crippen molar-refractivity contribution in [3.63, 3.8) is 0 Å². The first-order chi connectivity index (χ1) is 19.2. The van der Waals surface area contributed by atoms with E-state index in [4.69, 9.17) is 36.6 Å². The van der Waals surface area contributed by atoms with Crippen LogP contribution < -0.4 is 11.1 Å². The van der Waals surface area contributed by atoms with Crippen LogP contribution in [0.5, 0.6) is 0 Å². The predicted octanol–water partition coefficient (Wildman–Crippen LogP) is -2.27. The Bertz CT molecular complexity index is 1240. The summed E-state index contributed by atoms with van der Waals surface area (Å²) < 4.78 is 52.0. The molecule has 0 radical (unpaired) electrons. The van der Waals surface area contributed by atoms with Gasteiger partial charge in [0.25, 0.3) is 0 Å². The van der Waals surface area contributed by atoms with Crippen LogP contribution in [0.15, 0.2) is 22.7 Å². The van der Waals surface area contributed by atoms with Crippen molar-refractivity contribution in [2.45, 2.75) is 65.6 Å². The quantitative estimate of drug-likeness (QED) is 0.119. The Labute approximate surface area is 241 Å². The van der Waals surface area contributed by atoms with Gasteiger partial charge in [-0.1, -0.05) is 11.8 Å². The molecule has 0 aromatic carbocycles. The largest absolute Gasteiger partial charge is 0.481 e. The molecule has 0 aliphatic carbocycles. The van der Waals surface area contributed by atoms with Crippen molar-refractivity contribution >= 4 is 43.9 Å². The first-order valence-electron chi connectivity index (χ1n) is 11.8. The minimum Gasteiger partial charge on any atom is -0.393 e. The second-order valence-corrected chi connectivity index (χ2v) is 14.4. The third-order valence-corrected chi connectivity index (χ3v) is 11.0. The molecule has 4 rings (SSSR count). The molecule has 10 N–H and O–H groups in total. The van der Waals surface area contributed by atoms with Crippen LogP contribution in [-0.4, -0.2) is 121 Å². The lowest BCUT2D eigenvalue weighted by molar-refractivity contribution is -0.287. The summed E-state index contributed by atoms with van der Waals surface area (Å²) in [5, 5.41) is 54.6. The van der Waals surface area contributed by atoms with Crippen LogP contribution in [0.25, 0.3) is 0 Å². The molecule has 1 aromatic rings. The molecule has 3 aliphatic rings. The molecule has 2 fully saturated rings. The summed E-state index contributed by atoms with van der Waals surface area (Å²) in [4.78, 5) is 29.3. The summed E-state index contributed by atoms with van der Waals surface area (Å²) in [6.45, 7) is -6.36. The molecule has 41 heavy (non-hydrogen) atoms. The van der Waals surface area contributed by atoms with Crippen LogP contribution in [0.4, 0.5) is 10.2 Å². The molecule has 0 amide bonds. The van der Waals surface area contributed by atoms with Crippen molar-refractivity contribution in [1.29, 1.82) is 0 Å². The molecular formula is C19H29FN4O13P2S2. The average molecular weight is 667 g/mol. The van der Waals surface area contributed by atoms with Gasteiger partial charge in [-0.05, 0) is 30.3 Å². The lowest BCUT2D eigenvalue weighted by atomic mass is 9.89. The van der Waals surface area contributed by atoms with Gasteiger partial charge in [0.1, 0.15) is 48.8 Å². The minimum absolute atomic E-state index is 0.164. The predicted molar refractivity (Wildman–Crippen MR) is 140 cm³/mol. The number of halogens is 1. The standard InChI is InChI=1S/C19H29FN4O13P2S2/c1-22-9-8(35-19(16(9)29)2-3-41-14-15(19)23-6-24-17(14)21)5-33-39(32,40)37-38(30,31)36-18-12(28)10(26)11(27)13(34-18)7(20)4-25/h2-3,6-13,16,18,22,25-29H,4-5H2,1H3,(H,30,31)(H,32,40)(H2,21,23,24)/t7-,8+,9+,10?,11?,12?,13?,16+,18?,19?,39?/m0/s1. The van der Waals surface area contributed by atoms with Crippen LogP contribution in [0, 0.1) is 0 Å². The first-order valence-corrected chi connectivity index (χ1v) is 16.8. The van der Waals surface area contributed by atoms with Gasteiger partial charge in [-0.2, -0.15) is 0 Å². The third kappa shape index (κ3) is 6.69. The van der Waals surface area contributed by atoms with E-state index in [1.165, 1.54) is 25.1 Å². The monoisotopic (exact) mass is 666 g/mol. The number of ether oxygens (including phenoxy) is 2. The summed E-state index contributed by atoms with van der Waals surface area (Å²) >= 11 is 6.03. The van der Waals surface area contributed by atoms with E-state index in [0.29, 0.717) is 4.90 Å². The summed E-state index contributed by atoms with van der Waals surface area (Å²) in [5.41, 5.74) is 4.74. The van der Waals surface area contributed by atoms with Gasteiger partial charge in [0.2, 0.25) is 0 Å². The lowest BCUT2D eigenvalue weighted by Gasteiger charge is -2.41. The van der Waals surface area contributed by atoms with Gasteiger partial charge in [-0.25, -0.2) is 23.2 Å². The second-order valence-electron chi connectivity index (χ2n) is 9.13. The highest BCUT2D eigenvalue weighted by atomic mass is 32.5. The Morgan fingerprint density at radius 3 is 2.63 bits per heavy atom. The highest BCUT2D eigenvalue weighted by Crippen LogP contribution is 2.62. The van der Waals surface area contributed by atoms with Gasteiger partial charge >= 0.3 is 14.5 Å². The molecule has 1 spiro atoms. The molecule has 0 saturated carbocycles. The Morgan fingerprint density at radius 2 is 1.98 bits per heavy atom. The van der Waals surface area contributed by atoms with Gasteiger partial charge < -0.3 is 60.4 Å². The first kappa shape index (κ1) is 33.2. The molecular weight excluding hydrogens is 637 g/mol. The number of aliphatic hydroxyl groups excluding tert-OH is 5. The number of phosphoric ester groups is 1. The van der Waals surface area contributed by atoms with Crippen molar-refractivity contribution in [1.82, 2.24) is 15.3 Å². The van der Waals surface area contributed by atoms with E-state index in [1.807, 2.05) is 0 Å². The highest BCUT2D eigenvalue weighted by molar-refractivity contribution is 8.08. The molecule has 22 heteroatoms. The summed E-state index contributed by atoms with van der Waals surface area (Å²) in [7, 11) is -3.93. The molecule has 3 aliphatic heterocycles. The van der Waals surface area contributed by atoms with Crippen molar-refractivity contribution < 1.29 is 67.1 Å². The van der Waals surface area contributed by atoms with Crippen molar-refractivity contribution in [2.24, 2.45) is 0 Å². The fourth-order valence-corrected chi connectivity index (χ4v) is 8.58. The van der Waals surface area contributed by atoms with Crippen molar-refractivity contribution in [3.05, 3.63) is 23.5 Å². The number of rotatable bonds is 10. The minimum atomic E-state index is -5.45. The molecule has 232 valence electrons. The number of thioether (sulfide) groups is 1. The van der Waals surface area contributed by atoms with Crippen LogP contribution in [0.1, 0.15) is 5.69 Å².